The van der Waals surface area contributed by atoms with E-state index in [4.69, 9.17) is 0 Å². The molecule has 1 aromatic rings. The second-order valence-corrected chi connectivity index (χ2v) is 9.21. The second-order valence-electron chi connectivity index (χ2n) is 5.88. The standard InChI is InChI=1S/C15H21F3N2O4S2/c16-15(17,18)11-24-9-6-19-13(21)10-12-4-5-14(25-12)26(22,23)20-7-2-1-3-8-20/h4-5H,1-3,6-11H2,(H,19,21). The number of amides is 1. The Morgan fingerprint density at radius 2 is 1.92 bits per heavy atom. The normalized spacial score (nSPS) is 16.6. The number of carbonyl (C=O) groups excluding carboxylic acids is 1. The van der Waals surface area contributed by atoms with Gasteiger partial charge in [0.2, 0.25) is 5.91 Å². The van der Waals surface area contributed by atoms with Crippen LogP contribution in [0, 0.1) is 0 Å². The van der Waals surface area contributed by atoms with Crippen LogP contribution in [0.15, 0.2) is 16.3 Å². The smallest absolute Gasteiger partial charge is 0.370 e. The van der Waals surface area contributed by atoms with Crippen LogP contribution in [0.25, 0.3) is 0 Å². The van der Waals surface area contributed by atoms with Crippen LogP contribution in [0.2, 0.25) is 0 Å². The summed E-state index contributed by atoms with van der Waals surface area (Å²) in [5.74, 6) is -0.399. The van der Waals surface area contributed by atoms with E-state index in [0.29, 0.717) is 18.0 Å². The van der Waals surface area contributed by atoms with Crippen LogP contribution < -0.4 is 5.32 Å². The summed E-state index contributed by atoms with van der Waals surface area (Å²) in [4.78, 5) is 12.4. The van der Waals surface area contributed by atoms with Crippen molar-refractivity contribution >= 4 is 27.3 Å². The van der Waals surface area contributed by atoms with Crippen LogP contribution in [-0.2, 0) is 26.0 Å². The summed E-state index contributed by atoms with van der Waals surface area (Å²) >= 11 is 1.04. The average Bonchev–Trinajstić information content (AvgIpc) is 3.03. The van der Waals surface area contributed by atoms with Crippen molar-refractivity contribution < 1.29 is 31.1 Å². The van der Waals surface area contributed by atoms with E-state index in [1.54, 1.807) is 6.07 Å². The van der Waals surface area contributed by atoms with E-state index < -0.39 is 28.7 Å². The highest BCUT2D eigenvalue weighted by Gasteiger charge is 2.28. The molecule has 1 aromatic heterocycles. The lowest BCUT2D eigenvalue weighted by Gasteiger charge is -2.25. The Labute approximate surface area is 154 Å². The molecule has 1 amide bonds. The van der Waals surface area contributed by atoms with Crippen molar-refractivity contribution in [3.05, 3.63) is 17.0 Å². The number of ether oxygens (including phenoxy) is 1. The van der Waals surface area contributed by atoms with Crippen molar-refractivity contribution in [3.8, 4) is 0 Å². The number of rotatable bonds is 8. The van der Waals surface area contributed by atoms with E-state index in [2.05, 4.69) is 10.1 Å². The van der Waals surface area contributed by atoms with E-state index >= 15 is 0 Å². The Bertz CT molecular complexity index is 698. The summed E-state index contributed by atoms with van der Waals surface area (Å²) in [5.41, 5.74) is 0. The topological polar surface area (TPSA) is 75.7 Å². The highest BCUT2D eigenvalue weighted by atomic mass is 32.2. The van der Waals surface area contributed by atoms with E-state index in [-0.39, 0.29) is 23.8 Å². The Balaban J connectivity index is 1.79. The summed E-state index contributed by atoms with van der Waals surface area (Å²) in [6.45, 7) is -0.628. The fourth-order valence-corrected chi connectivity index (χ4v) is 5.52. The molecular weight excluding hydrogens is 393 g/mol. The zero-order chi connectivity index (χ0) is 19.2. The molecule has 11 heteroatoms. The molecule has 0 aromatic carbocycles. The molecule has 1 aliphatic heterocycles. The first-order chi connectivity index (χ1) is 12.2. The molecule has 2 heterocycles. The van der Waals surface area contributed by atoms with Crippen LogP contribution in [0.3, 0.4) is 0 Å². The van der Waals surface area contributed by atoms with Gasteiger partial charge >= 0.3 is 6.18 Å². The number of hydrogen-bond donors (Lipinski definition) is 1. The Hall–Kier alpha value is -1.17. The molecule has 0 radical (unpaired) electrons. The van der Waals surface area contributed by atoms with Gasteiger partial charge in [-0.25, -0.2) is 8.42 Å². The number of piperidine rings is 1. The van der Waals surface area contributed by atoms with Gasteiger partial charge < -0.3 is 10.1 Å². The number of carbonyl (C=O) groups is 1. The molecule has 1 N–H and O–H groups in total. The van der Waals surface area contributed by atoms with Gasteiger partial charge in [0.15, 0.2) is 0 Å². The molecule has 0 saturated carbocycles. The molecule has 1 fully saturated rings. The van der Waals surface area contributed by atoms with Crippen LogP contribution in [0.5, 0.6) is 0 Å². The maximum atomic E-state index is 12.5. The van der Waals surface area contributed by atoms with Gasteiger partial charge in [-0.2, -0.15) is 17.5 Å². The fourth-order valence-electron chi connectivity index (χ4n) is 2.50. The van der Waals surface area contributed by atoms with Gasteiger partial charge in [-0.3, -0.25) is 4.79 Å². The summed E-state index contributed by atoms with van der Waals surface area (Å²) in [7, 11) is -3.52. The largest absolute Gasteiger partial charge is 0.411 e. The van der Waals surface area contributed by atoms with E-state index in [1.807, 2.05) is 0 Å². The Kier molecular flexibility index (Phi) is 7.44. The minimum absolute atomic E-state index is 0.0283. The molecule has 0 spiro atoms. The Morgan fingerprint density at radius 3 is 2.58 bits per heavy atom. The maximum absolute atomic E-state index is 12.5. The highest BCUT2D eigenvalue weighted by Crippen LogP contribution is 2.27. The first-order valence-corrected chi connectivity index (χ1v) is 10.4. The van der Waals surface area contributed by atoms with Gasteiger partial charge in [0, 0.05) is 24.5 Å². The number of sulfonamides is 1. The molecule has 1 aliphatic rings. The lowest BCUT2D eigenvalue weighted by molar-refractivity contribution is -0.173. The maximum Gasteiger partial charge on any atom is 0.411 e. The van der Waals surface area contributed by atoms with E-state index in [1.165, 1.54) is 10.4 Å². The van der Waals surface area contributed by atoms with E-state index in [9.17, 15) is 26.4 Å². The molecule has 1 saturated heterocycles. The third-order valence-electron chi connectivity index (χ3n) is 3.72. The van der Waals surface area contributed by atoms with Crippen molar-refractivity contribution in [3.63, 3.8) is 0 Å². The molecule has 0 unspecified atom stereocenters. The van der Waals surface area contributed by atoms with Crippen molar-refractivity contribution in [2.45, 2.75) is 36.1 Å². The monoisotopic (exact) mass is 414 g/mol. The Morgan fingerprint density at radius 1 is 1.23 bits per heavy atom. The summed E-state index contributed by atoms with van der Waals surface area (Å²) in [5, 5.41) is 2.44. The van der Waals surface area contributed by atoms with Crippen LogP contribution in [-0.4, -0.2) is 57.7 Å². The van der Waals surface area contributed by atoms with Gasteiger partial charge in [0.1, 0.15) is 10.8 Å². The number of halogens is 3. The minimum atomic E-state index is -4.39. The highest BCUT2D eigenvalue weighted by molar-refractivity contribution is 7.91. The molecule has 0 aliphatic carbocycles. The lowest BCUT2D eigenvalue weighted by Crippen LogP contribution is -2.35. The SMILES string of the molecule is O=C(Cc1ccc(S(=O)(=O)N2CCCCC2)s1)NCCOCC(F)(F)F. The van der Waals surface area contributed by atoms with Crippen LogP contribution >= 0.6 is 11.3 Å². The zero-order valence-electron chi connectivity index (χ0n) is 14.0. The van der Waals surface area contributed by atoms with Gasteiger partial charge in [-0.1, -0.05) is 6.42 Å². The van der Waals surface area contributed by atoms with Gasteiger partial charge in [0.25, 0.3) is 10.0 Å². The molecule has 148 valence electrons. The average molecular weight is 414 g/mol. The van der Waals surface area contributed by atoms with Crippen LogP contribution in [0.1, 0.15) is 24.1 Å². The third kappa shape index (κ3) is 6.53. The second kappa shape index (κ2) is 9.16. The van der Waals surface area contributed by atoms with Crippen molar-refractivity contribution in [1.29, 1.82) is 0 Å². The minimum Gasteiger partial charge on any atom is -0.370 e. The molecule has 26 heavy (non-hydrogen) atoms. The first-order valence-electron chi connectivity index (χ1n) is 8.18. The van der Waals surface area contributed by atoms with Gasteiger partial charge in [-0.05, 0) is 25.0 Å². The first kappa shape index (κ1) is 21.1. The van der Waals surface area contributed by atoms with Gasteiger partial charge in [0.05, 0.1) is 13.0 Å². The zero-order valence-corrected chi connectivity index (χ0v) is 15.7. The van der Waals surface area contributed by atoms with E-state index in [0.717, 1.165) is 30.6 Å². The molecule has 0 atom stereocenters. The lowest BCUT2D eigenvalue weighted by atomic mass is 10.2. The van der Waals surface area contributed by atoms with Crippen molar-refractivity contribution in [1.82, 2.24) is 9.62 Å². The van der Waals surface area contributed by atoms with Crippen molar-refractivity contribution in [2.24, 2.45) is 0 Å². The number of alkyl halides is 3. The summed E-state index contributed by atoms with van der Waals surface area (Å²) in [6.07, 6.45) is -1.71. The van der Waals surface area contributed by atoms with Crippen LogP contribution in [0.4, 0.5) is 13.2 Å². The fraction of sp³-hybridized carbons (Fsp3) is 0.667. The van der Waals surface area contributed by atoms with Gasteiger partial charge in [-0.15, -0.1) is 11.3 Å². The number of nitrogens with zero attached hydrogens (tertiary/aromatic N) is 1. The molecule has 0 bridgehead atoms. The predicted octanol–water partition coefficient (Wildman–Crippen LogP) is 2.16. The number of nitrogens with one attached hydrogen (secondary N) is 1. The molecule has 6 nitrogen and oxygen atoms in total. The number of thiophene rings is 1. The molecular formula is C15H21F3N2O4S2. The summed E-state index contributed by atoms with van der Waals surface area (Å²) < 4.78 is 66.8. The quantitative estimate of drug-likeness (QED) is 0.662. The summed E-state index contributed by atoms with van der Waals surface area (Å²) in [6, 6.07) is 3.07. The number of hydrogen-bond acceptors (Lipinski definition) is 5. The molecule has 2 rings (SSSR count). The van der Waals surface area contributed by atoms with Crippen molar-refractivity contribution in [2.75, 3.05) is 32.8 Å². The predicted molar refractivity (Wildman–Crippen MR) is 90.5 cm³/mol. The third-order valence-corrected chi connectivity index (χ3v) is 7.17.